The summed E-state index contributed by atoms with van der Waals surface area (Å²) >= 11 is 1.77. The molecule has 2 heterocycles. The third kappa shape index (κ3) is 2.81. The van der Waals surface area contributed by atoms with E-state index in [-0.39, 0.29) is 6.10 Å². The first-order chi connectivity index (χ1) is 7.69. The summed E-state index contributed by atoms with van der Waals surface area (Å²) in [5, 5.41) is 10.6. The second-order valence-electron chi connectivity index (χ2n) is 4.60. The minimum atomic E-state index is -0.260. The van der Waals surface area contributed by atoms with Gasteiger partial charge in [0.1, 0.15) is 0 Å². The molecule has 1 aliphatic heterocycles. The van der Waals surface area contributed by atoms with Crippen molar-refractivity contribution < 1.29 is 5.11 Å². The molecule has 90 valence electrons. The Morgan fingerprint density at radius 2 is 2.50 bits per heavy atom. The summed E-state index contributed by atoms with van der Waals surface area (Å²) in [4.78, 5) is 8.18. The van der Waals surface area contributed by atoms with Crippen molar-refractivity contribution in [2.24, 2.45) is 0 Å². The standard InChI is InChI=1S/C12H20N2OS/c1-3-14-5-4-10(8-14)12-13-7-11(16-12)6-9(2)15/h7,9-10,15H,3-6,8H2,1-2H3. The minimum Gasteiger partial charge on any atom is -0.393 e. The summed E-state index contributed by atoms with van der Waals surface area (Å²) in [6.45, 7) is 7.53. The fourth-order valence-corrected chi connectivity index (χ4v) is 3.38. The van der Waals surface area contributed by atoms with Gasteiger partial charge in [-0.1, -0.05) is 6.92 Å². The van der Waals surface area contributed by atoms with Gasteiger partial charge in [-0.25, -0.2) is 4.98 Å². The summed E-state index contributed by atoms with van der Waals surface area (Å²) in [6.07, 6.45) is 3.64. The molecule has 1 N–H and O–H groups in total. The lowest BCUT2D eigenvalue weighted by molar-refractivity contribution is 0.196. The quantitative estimate of drug-likeness (QED) is 0.873. The van der Waals surface area contributed by atoms with Crippen LogP contribution in [0.5, 0.6) is 0 Å². The van der Waals surface area contributed by atoms with Gasteiger partial charge in [-0.05, 0) is 26.4 Å². The van der Waals surface area contributed by atoms with Crippen LogP contribution in [0.1, 0.15) is 36.1 Å². The lowest BCUT2D eigenvalue weighted by atomic mass is 10.1. The Hall–Kier alpha value is -0.450. The summed E-state index contributed by atoms with van der Waals surface area (Å²) in [7, 11) is 0. The molecule has 3 nitrogen and oxygen atoms in total. The van der Waals surface area contributed by atoms with Crippen molar-refractivity contribution in [1.29, 1.82) is 0 Å². The van der Waals surface area contributed by atoms with Crippen LogP contribution in [0.4, 0.5) is 0 Å². The largest absolute Gasteiger partial charge is 0.393 e. The molecule has 0 spiro atoms. The highest BCUT2D eigenvalue weighted by molar-refractivity contribution is 7.11. The van der Waals surface area contributed by atoms with Crippen molar-refractivity contribution in [3.63, 3.8) is 0 Å². The number of thiazole rings is 1. The van der Waals surface area contributed by atoms with Crippen LogP contribution in [0.3, 0.4) is 0 Å². The molecule has 0 aliphatic carbocycles. The summed E-state index contributed by atoms with van der Waals surface area (Å²) in [5.74, 6) is 0.618. The molecule has 1 fully saturated rings. The first-order valence-electron chi connectivity index (χ1n) is 6.04. The number of aliphatic hydroxyl groups is 1. The Balaban J connectivity index is 1.97. The van der Waals surface area contributed by atoms with Crippen molar-refractivity contribution in [2.75, 3.05) is 19.6 Å². The van der Waals surface area contributed by atoms with Crippen molar-refractivity contribution in [3.8, 4) is 0 Å². The van der Waals surface area contributed by atoms with Crippen molar-refractivity contribution in [2.45, 2.75) is 38.7 Å². The number of hydrogen-bond acceptors (Lipinski definition) is 4. The van der Waals surface area contributed by atoms with Gasteiger partial charge in [0.15, 0.2) is 0 Å². The molecule has 2 rings (SSSR count). The second-order valence-corrected chi connectivity index (χ2v) is 5.74. The molecule has 0 aromatic carbocycles. The SMILES string of the molecule is CCN1CCC(c2ncc(CC(C)O)s2)C1. The van der Waals surface area contributed by atoms with Crippen LogP contribution >= 0.6 is 11.3 Å². The van der Waals surface area contributed by atoms with Crippen molar-refractivity contribution in [3.05, 3.63) is 16.1 Å². The zero-order chi connectivity index (χ0) is 11.5. The molecule has 1 aromatic rings. The van der Waals surface area contributed by atoms with E-state index in [2.05, 4.69) is 16.8 Å². The Morgan fingerprint density at radius 3 is 3.12 bits per heavy atom. The van der Waals surface area contributed by atoms with Gasteiger partial charge in [0.05, 0.1) is 11.1 Å². The number of nitrogens with zero attached hydrogens (tertiary/aromatic N) is 2. The van der Waals surface area contributed by atoms with Gasteiger partial charge in [-0.3, -0.25) is 0 Å². The average molecular weight is 240 g/mol. The maximum absolute atomic E-state index is 9.33. The Labute approximate surface area is 101 Å². The number of likely N-dealkylation sites (N-methyl/N-ethyl adjacent to an activating group) is 1. The van der Waals surface area contributed by atoms with E-state index in [1.807, 2.05) is 13.1 Å². The molecule has 4 heteroatoms. The second kappa shape index (κ2) is 5.25. The average Bonchev–Trinajstić information content (AvgIpc) is 2.83. The number of aliphatic hydroxyl groups excluding tert-OH is 1. The van der Waals surface area contributed by atoms with Gasteiger partial charge in [0.2, 0.25) is 0 Å². The molecule has 16 heavy (non-hydrogen) atoms. The maximum atomic E-state index is 9.33. The predicted molar refractivity (Wildman–Crippen MR) is 67.0 cm³/mol. The molecule has 0 radical (unpaired) electrons. The highest BCUT2D eigenvalue weighted by Crippen LogP contribution is 2.30. The van der Waals surface area contributed by atoms with E-state index in [0.29, 0.717) is 5.92 Å². The molecular weight excluding hydrogens is 220 g/mol. The summed E-state index contributed by atoms with van der Waals surface area (Å²) < 4.78 is 0. The van der Waals surface area contributed by atoms with Crippen molar-refractivity contribution >= 4 is 11.3 Å². The molecule has 2 atom stereocenters. The van der Waals surface area contributed by atoms with Crippen LogP contribution in [-0.4, -0.2) is 40.7 Å². The molecule has 0 saturated carbocycles. The van der Waals surface area contributed by atoms with E-state index in [0.717, 1.165) is 19.5 Å². The van der Waals surface area contributed by atoms with E-state index in [1.54, 1.807) is 11.3 Å². The normalized spacial score (nSPS) is 23.8. The minimum absolute atomic E-state index is 0.260. The molecule has 2 unspecified atom stereocenters. The van der Waals surface area contributed by atoms with E-state index in [1.165, 1.54) is 22.9 Å². The summed E-state index contributed by atoms with van der Waals surface area (Å²) in [6, 6.07) is 0. The van der Waals surface area contributed by atoms with Crippen LogP contribution < -0.4 is 0 Å². The van der Waals surface area contributed by atoms with E-state index >= 15 is 0 Å². The number of aromatic nitrogens is 1. The topological polar surface area (TPSA) is 36.4 Å². The lowest BCUT2D eigenvalue weighted by Gasteiger charge is -2.11. The van der Waals surface area contributed by atoms with E-state index in [4.69, 9.17) is 0 Å². The van der Waals surface area contributed by atoms with Crippen LogP contribution in [0.25, 0.3) is 0 Å². The Morgan fingerprint density at radius 1 is 1.69 bits per heavy atom. The van der Waals surface area contributed by atoms with Gasteiger partial charge in [0.25, 0.3) is 0 Å². The smallest absolute Gasteiger partial charge is 0.0971 e. The van der Waals surface area contributed by atoms with Gasteiger partial charge < -0.3 is 10.0 Å². The van der Waals surface area contributed by atoms with Gasteiger partial charge >= 0.3 is 0 Å². The van der Waals surface area contributed by atoms with Crippen LogP contribution in [0.2, 0.25) is 0 Å². The first-order valence-corrected chi connectivity index (χ1v) is 6.85. The molecular formula is C12H20N2OS. The fraction of sp³-hybridized carbons (Fsp3) is 0.750. The lowest BCUT2D eigenvalue weighted by Crippen LogP contribution is -2.19. The highest BCUT2D eigenvalue weighted by Gasteiger charge is 2.25. The third-order valence-corrected chi connectivity index (χ3v) is 4.32. The zero-order valence-corrected chi connectivity index (χ0v) is 10.8. The molecule has 0 amide bonds. The third-order valence-electron chi connectivity index (χ3n) is 3.14. The van der Waals surface area contributed by atoms with Crippen LogP contribution in [0.15, 0.2) is 6.20 Å². The molecule has 1 aliphatic rings. The number of rotatable bonds is 4. The van der Waals surface area contributed by atoms with Gasteiger partial charge in [-0.15, -0.1) is 11.3 Å². The first kappa shape index (κ1) is 12.0. The number of likely N-dealkylation sites (tertiary alicyclic amines) is 1. The highest BCUT2D eigenvalue weighted by atomic mass is 32.1. The summed E-state index contributed by atoms with van der Waals surface area (Å²) in [5.41, 5.74) is 0. The van der Waals surface area contributed by atoms with Gasteiger partial charge in [0, 0.05) is 30.0 Å². The Bertz CT molecular complexity index is 338. The number of hydrogen-bond donors (Lipinski definition) is 1. The van der Waals surface area contributed by atoms with E-state index < -0.39 is 0 Å². The monoisotopic (exact) mass is 240 g/mol. The van der Waals surface area contributed by atoms with Crippen molar-refractivity contribution in [1.82, 2.24) is 9.88 Å². The molecule has 1 saturated heterocycles. The Kier molecular flexibility index (Phi) is 3.95. The van der Waals surface area contributed by atoms with Crippen LogP contribution in [-0.2, 0) is 6.42 Å². The zero-order valence-electron chi connectivity index (χ0n) is 10.0. The fourth-order valence-electron chi connectivity index (χ4n) is 2.22. The molecule has 1 aromatic heterocycles. The maximum Gasteiger partial charge on any atom is 0.0971 e. The van der Waals surface area contributed by atoms with Crippen LogP contribution in [0, 0.1) is 0 Å². The van der Waals surface area contributed by atoms with Gasteiger partial charge in [-0.2, -0.15) is 0 Å². The van der Waals surface area contributed by atoms with E-state index in [9.17, 15) is 5.11 Å². The predicted octanol–water partition coefficient (Wildman–Crippen LogP) is 1.88. The molecule has 0 bridgehead atoms.